The van der Waals surface area contributed by atoms with Gasteiger partial charge in [0, 0.05) is 18.3 Å². The molecule has 1 aromatic heterocycles. The Kier molecular flexibility index (Phi) is 5.39. The van der Waals surface area contributed by atoms with E-state index in [0.717, 1.165) is 27.1 Å². The van der Waals surface area contributed by atoms with Crippen LogP contribution in [0.1, 0.15) is 11.1 Å². The molecule has 4 aromatic rings. The maximum Gasteiger partial charge on any atom is 0.284 e. The Morgan fingerprint density at radius 3 is 2.66 bits per heavy atom. The van der Waals surface area contributed by atoms with Crippen molar-refractivity contribution in [3.63, 3.8) is 0 Å². The summed E-state index contributed by atoms with van der Waals surface area (Å²) in [5, 5.41) is 9.87. The van der Waals surface area contributed by atoms with Crippen molar-refractivity contribution in [3.8, 4) is 5.75 Å². The van der Waals surface area contributed by atoms with Gasteiger partial charge in [-0.3, -0.25) is 4.79 Å². The first-order valence-corrected chi connectivity index (χ1v) is 11.0. The highest BCUT2D eigenvalue weighted by atomic mass is 32.1. The van der Waals surface area contributed by atoms with Gasteiger partial charge in [-0.2, -0.15) is 10.1 Å². The van der Waals surface area contributed by atoms with Crippen molar-refractivity contribution in [1.82, 2.24) is 10.3 Å². The fraction of sp³-hybridized carbons (Fsp3) is 0.0800. The molecule has 0 bridgehead atoms. The molecule has 2 heterocycles. The van der Waals surface area contributed by atoms with E-state index in [1.54, 1.807) is 13.3 Å². The highest BCUT2D eigenvalue weighted by Crippen LogP contribution is 2.33. The summed E-state index contributed by atoms with van der Waals surface area (Å²) in [5.74, 6) is 0.587. The van der Waals surface area contributed by atoms with Crippen LogP contribution in [0.4, 0.5) is 5.13 Å². The molecule has 1 N–H and O–H groups in total. The lowest BCUT2D eigenvalue weighted by molar-refractivity contribution is -0.114. The molecule has 0 aliphatic carbocycles. The average Bonchev–Trinajstić information content (AvgIpc) is 3.41. The van der Waals surface area contributed by atoms with Gasteiger partial charge in [0.05, 0.1) is 22.9 Å². The Hall–Kier alpha value is -3.97. The molecule has 5 rings (SSSR count). The van der Waals surface area contributed by atoms with Crippen molar-refractivity contribution in [3.05, 3.63) is 102 Å². The van der Waals surface area contributed by atoms with Gasteiger partial charge in [-0.05, 0) is 29.8 Å². The quantitative estimate of drug-likeness (QED) is 0.440. The molecule has 158 valence electrons. The fourth-order valence-corrected chi connectivity index (χ4v) is 4.40. The van der Waals surface area contributed by atoms with Gasteiger partial charge in [0.2, 0.25) is 5.13 Å². The largest absolute Gasteiger partial charge is 0.497 e. The van der Waals surface area contributed by atoms with Gasteiger partial charge in [0.1, 0.15) is 11.5 Å². The van der Waals surface area contributed by atoms with E-state index in [2.05, 4.69) is 15.4 Å². The van der Waals surface area contributed by atoms with E-state index in [9.17, 15) is 4.79 Å². The third-order valence-corrected chi connectivity index (χ3v) is 6.09. The van der Waals surface area contributed by atoms with Crippen LogP contribution in [0.15, 0.2) is 95.7 Å². The molecule has 0 radical (unpaired) electrons. The number of methoxy groups -OCH3 is 1. The second-order valence-corrected chi connectivity index (χ2v) is 8.20. The smallest absolute Gasteiger partial charge is 0.284 e. The zero-order valence-corrected chi connectivity index (χ0v) is 18.2. The molecule has 1 amide bonds. The molecular formula is C25H20N4O2S. The number of nitrogens with zero attached hydrogens (tertiary/aromatic N) is 3. The van der Waals surface area contributed by atoms with Crippen LogP contribution < -0.4 is 15.1 Å². The number of carbonyl (C=O) groups is 1. The second kappa shape index (κ2) is 8.64. The summed E-state index contributed by atoms with van der Waals surface area (Å²) in [5.41, 5.74) is 3.89. The van der Waals surface area contributed by atoms with Crippen LogP contribution in [0.2, 0.25) is 0 Å². The normalized spacial score (nSPS) is 14.8. The van der Waals surface area contributed by atoms with Crippen LogP contribution in [0.5, 0.6) is 5.75 Å². The Labute approximate surface area is 189 Å². The lowest BCUT2D eigenvalue weighted by atomic mass is 10.0. The zero-order chi connectivity index (χ0) is 21.9. The van der Waals surface area contributed by atoms with Gasteiger partial charge in [-0.15, -0.1) is 0 Å². The molecule has 0 fully saturated rings. The molecule has 7 heteroatoms. The maximum absolute atomic E-state index is 13.4. The summed E-state index contributed by atoms with van der Waals surface area (Å²) in [6.45, 7) is 0.553. The lowest BCUT2D eigenvalue weighted by Gasteiger charge is -2.07. The second-order valence-electron chi connectivity index (χ2n) is 7.19. The van der Waals surface area contributed by atoms with E-state index in [-0.39, 0.29) is 5.91 Å². The van der Waals surface area contributed by atoms with Crippen LogP contribution in [-0.4, -0.2) is 23.7 Å². The standard InChI is InChI=1S/C25H20N4O2S/c1-31-19-11-7-8-17(14-19)15-26-16-20-23(18-9-3-2-4-10-18)28-29(24(20)30)25-27-21-12-5-6-13-22(21)32-25/h2-14,16,26H,15H2,1H3/b20-16+. The molecule has 1 aliphatic heterocycles. The monoisotopic (exact) mass is 440 g/mol. The van der Waals surface area contributed by atoms with Crippen LogP contribution in [0, 0.1) is 0 Å². The van der Waals surface area contributed by atoms with Crippen LogP contribution in [-0.2, 0) is 11.3 Å². The molecule has 0 unspecified atom stereocenters. The van der Waals surface area contributed by atoms with Crippen molar-refractivity contribution in [2.24, 2.45) is 5.10 Å². The number of fused-ring (bicyclic) bond motifs is 1. The Morgan fingerprint density at radius 1 is 1.03 bits per heavy atom. The lowest BCUT2D eigenvalue weighted by Crippen LogP contribution is -2.22. The number of anilines is 1. The highest BCUT2D eigenvalue weighted by Gasteiger charge is 2.33. The zero-order valence-electron chi connectivity index (χ0n) is 17.4. The van der Waals surface area contributed by atoms with Crippen LogP contribution in [0.25, 0.3) is 10.2 Å². The predicted octanol–water partition coefficient (Wildman–Crippen LogP) is 4.73. The minimum Gasteiger partial charge on any atom is -0.497 e. The van der Waals surface area contributed by atoms with Gasteiger partial charge >= 0.3 is 0 Å². The number of benzene rings is 3. The third kappa shape index (κ3) is 3.86. The molecule has 3 aromatic carbocycles. The number of thiazole rings is 1. The number of para-hydroxylation sites is 1. The van der Waals surface area contributed by atoms with Crippen molar-refractivity contribution in [2.45, 2.75) is 6.54 Å². The summed E-state index contributed by atoms with van der Waals surface area (Å²) >= 11 is 1.45. The Balaban J connectivity index is 1.46. The van der Waals surface area contributed by atoms with Gasteiger partial charge in [-0.25, -0.2) is 4.98 Å². The predicted molar refractivity (Wildman–Crippen MR) is 128 cm³/mol. The van der Waals surface area contributed by atoms with Crippen molar-refractivity contribution >= 4 is 38.3 Å². The van der Waals surface area contributed by atoms with Crippen molar-refractivity contribution in [1.29, 1.82) is 0 Å². The fourth-order valence-electron chi connectivity index (χ4n) is 3.49. The van der Waals surface area contributed by atoms with Gasteiger partial charge in [-0.1, -0.05) is 65.9 Å². The number of aromatic nitrogens is 1. The number of ether oxygens (including phenoxy) is 1. The summed E-state index contributed by atoms with van der Waals surface area (Å²) in [7, 11) is 1.64. The summed E-state index contributed by atoms with van der Waals surface area (Å²) in [6.07, 6.45) is 1.74. The van der Waals surface area contributed by atoms with Crippen LogP contribution in [0.3, 0.4) is 0 Å². The average molecular weight is 441 g/mol. The van der Waals surface area contributed by atoms with Gasteiger partial charge in [0.25, 0.3) is 5.91 Å². The molecule has 32 heavy (non-hydrogen) atoms. The minimum atomic E-state index is -0.207. The van der Waals surface area contributed by atoms with Crippen molar-refractivity contribution < 1.29 is 9.53 Å². The molecule has 0 spiro atoms. The van der Waals surface area contributed by atoms with E-state index in [0.29, 0.717) is 23.0 Å². The van der Waals surface area contributed by atoms with Crippen LogP contribution >= 0.6 is 11.3 Å². The van der Waals surface area contributed by atoms with Crippen molar-refractivity contribution in [2.75, 3.05) is 12.1 Å². The summed E-state index contributed by atoms with van der Waals surface area (Å²) in [4.78, 5) is 18.0. The first-order chi connectivity index (χ1) is 15.7. The molecule has 1 aliphatic rings. The highest BCUT2D eigenvalue weighted by molar-refractivity contribution is 7.22. The first-order valence-electron chi connectivity index (χ1n) is 10.1. The number of amides is 1. The van der Waals surface area contributed by atoms with E-state index in [4.69, 9.17) is 4.74 Å². The van der Waals surface area contributed by atoms with E-state index < -0.39 is 0 Å². The summed E-state index contributed by atoms with van der Waals surface area (Å²) < 4.78 is 6.30. The molecule has 6 nitrogen and oxygen atoms in total. The van der Waals surface area contributed by atoms with Gasteiger partial charge < -0.3 is 10.1 Å². The number of carbonyl (C=O) groups excluding carboxylic acids is 1. The molecule has 0 atom stereocenters. The Bertz CT molecular complexity index is 1310. The van der Waals surface area contributed by atoms with E-state index in [1.165, 1.54) is 16.3 Å². The number of nitrogens with one attached hydrogen (secondary N) is 1. The summed E-state index contributed by atoms with van der Waals surface area (Å²) in [6, 6.07) is 25.3. The molecular weight excluding hydrogens is 420 g/mol. The third-order valence-electron chi connectivity index (χ3n) is 5.08. The molecule has 0 saturated heterocycles. The minimum absolute atomic E-state index is 0.207. The number of hydrogen-bond acceptors (Lipinski definition) is 6. The first kappa shape index (κ1) is 20.0. The topological polar surface area (TPSA) is 66.8 Å². The molecule has 0 saturated carbocycles. The number of hydrogen-bond donors (Lipinski definition) is 1. The SMILES string of the molecule is COc1cccc(CN/C=C2/C(=O)N(c3nc4ccccc4s3)N=C2c2ccccc2)c1. The maximum atomic E-state index is 13.4. The number of rotatable bonds is 6. The van der Waals surface area contributed by atoms with E-state index in [1.807, 2.05) is 78.9 Å². The van der Waals surface area contributed by atoms with E-state index >= 15 is 0 Å². The Morgan fingerprint density at radius 2 is 1.84 bits per heavy atom. The number of hydrazone groups is 1. The van der Waals surface area contributed by atoms with Gasteiger partial charge in [0.15, 0.2) is 0 Å².